The first-order chi connectivity index (χ1) is 18.0. The van der Waals surface area contributed by atoms with Crippen molar-refractivity contribution in [1.82, 2.24) is 10.2 Å². The van der Waals surface area contributed by atoms with Crippen molar-refractivity contribution in [3.05, 3.63) is 65.2 Å². The van der Waals surface area contributed by atoms with Crippen LogP contribution in [-0.2, 0) is 20.9 Å². The third-order valence-electron chi connectivity index (χ3n) is 7.85. The minimum absolute atomic E-state index is 0.0110. The molecule has 0 aromatic heterocycles. The molecule has 3 amide bonds. The number of benzene rings is 2. The molecule has 0 aliphatic carbocycles. The van der Waals surface area contributed by atoms with Crippen molar-refractivity contribution in [2.45, 2.75) is 54.7 Å². The zero-order valence-corrected chi connectivity index (χ0v) is 22.1. The van der Waals surface area contributed by atoms with Crippen LogP contribution in [0.3, 0.4) is 0 Å². The maximum Gasteiger partial charge on any atom is 0.248 e. The minimum Gasteiger partial charge on any atom is -0.396 e. The van der Waals surface area contributed by atoms with Crippen molar-refractivity contribution in [2.24, 2.45) is 11.8 Å². The second-order valence-electron chi connectivity index (χ2n) is 10.0. The number of aliphatic hydroxyl groups excluding tert-OH is 1. The number of nitrogens with one attached hydrogen (secondary N) is 2. The number of hydrogen-bond donors (Lipinski definition) is 3. The van der Waals surface area contributed by atoms with Crippen LogP contribution in [0.15, 0.2) is 54.6 Å². The monoisotopic (exact) mass is 541 g/mol. The van der Waals surface area contributed by atoms with Crippen LogP contribution in [0, 0.1) is 11.8 Å². The summed E-state index contributed by atoms with van der Waals surface area (Å²) in [5.74, 6) is -1.49. The molecule has 5 atom stereocenters. The van der Waals surface area contributed by atoms with Gasteiger partial charge in [-0.15, -0.1) is 11.8 Å². The van der Waals surface area contributed by atoms with Gasteiger partial charge < -0.3 is 20.6 Å². The normalized spacial score (nSPS) is 27.8. The van der Waals surface area contributed by atoms with E-state index in [-0.39, 0.29) is 29.6 Å². The van der Waals surface area contributed by atoms with Crippen LogP contribution in [0.2, 0.25) is 5.02 Å². The molecule has 3 heterocycles. The minimum atomic E-state index is -0.683. The van der Waals surface area contributed by atoms with Gasteiger partial charge in [0.25, 0.3) is 0 Å². The molecular formula is C28H32ClN3O4S. The van der Waals surface area contributed by atoms with Crippen molar-refractivity contribution in [3.8, 4) is 0 Å². The number of fused-ring (bicyclic) bond motifs is 1. The zero-order valence-electron chi connectivity index (χ0n) is 20.6. The van der Waals surface area contributed by atoms with Gasteiger partial charge in [-0.1, -0.05) is 54.1 Å². The molecule has 2 bridgehead atoms. The largest absolute Gasteiger partial charge is 0.396 e. The number of anilines is 1. The number of rotatable bonds is 10. The molecule has 1 spiro atoms. The van der Waals surface area contributed by atoms with Gasteiger partial charge in [-0.05, 0) is 49.8 Å². The molecule has 2 aromatic rings. The lowest BCUT2D eigenvalue weighted by atomic mass is 9.70. The van der Waals surface area contributed by atoms with Gasteiger partial charge in [0.2, 0.25) is 17.7 Å². The van der Waals surface area contributed by atoms with E-state index in [1.165, 1.54) is 0 Å². The fraction of sp³-hybridized carbons (Fsp3) is 0.464. The topological polar surface area (TPSA) is 98.7 Å². The van der Waals surface area contributed by atoms with Crippen LogP contribution in [0.25, 0.3) is 0 Å². The summed E-state index contributed by atoms with van der Waals surface area (Å²) in [5.41, 5.74) is 1.51. The Bertz CT molecular complexity index is 1170. The fourth-order valence-corrected chi connectivity index (χ4v) is 8.63. The Balaban J connectivity index is 1.40. The zero-order chi connectivity index (χ0) is 26.0. The molecule has 9 heteroatoms. The van der Waals surface area contributed by atoms with E-state index in [4.69, 9.17) is 11.6 Å². The first-order valence-electron chi connectivity index (χ1n) is 12.9. The van der Waals surface area contributed by atoms with Crippen LogP contribution in [-0.4, -0.2) is 56.9 Å². The molecule has 3 aliphatic rings. The fourth-order valence-electron chi connectivity index (χ4n) is 6.23. The van der Waals surface area contributed by atoms with E-state index in [2.05, 4.69) is 10.6 Å². The lowest BCUT2D eigenvalue weighted by Gasteiger charge is -2.34. The maximum atomic E-state index is 13.9. The smallest absolute Gasteiger partial charge is 0.248 e. The number of likely N-dealkylation sites (tertiary alicyclic amines) is 1. The molecular weight excluding hydrogens is 510 g/mol. The van der Waals surface area contributed by atoms with Gasteiger partial charge in [0.15, 0.2) is 0 Å². The number of halogens is 1. The van der Waals surface area contributed by atoms with E-state index in [0.717, 1.165) is 24.8 Å². The van der Waals surface area contributed by atoms with Crippen molar-refractivity contribution in [3.63, 3.8) is 0 Å². The molecule has 0 saturated carbocycles. The summed E-state index contributed by atoms with van der Waals surface area (Å²) in [6.45, 7) is 0.919. The highest BCUT2D eigenvalue weighted by molar-refractivity contribution is 8.02. The quantitative estimate of drug-likeness (QED) is 0.397. The number of thioether (sulfide) groups is 1. The second kappa shape index (κ2) is 11.1. The Hall–Kier alpha value is -2.55. The summed E-state index contributed by atoms with van der Waals surface area (Å²) in [6.07, 6.45) is 3.60. The van der Waals surface area contributed by atoms with Crippen LogP contribution in [0.1, 0.15) is 37.7 Å². The molecule has 37 heavy (non-hydrogen) atoms. The van der Waals surface area contributed by atoms with Crippen LogP contribution in [0.4, 0.5) is 5.69 Å². The van der Waals surface area contributed by atoms with E-state index in [9.17, 15) is 19.5 Å². The predicted octanol–water partition coefficient (Wildman–Crippen LogP) is 3.85. The van der Waals surface area contributed by atoms with Gasteiger partial charge in [0.05, 0.1) is 27.3 Å². The summed E-state index contributed by atoms with van der Waals surface area (Å²) in [5, 5.41) is 15.6. The van der Waals surface area contributed by atoms with Crippen molar-refractivity contribution in [1.29, 1.82) is 0 Å². The average Bonchev–Trinajstić information content (AvgIpc) is 3.54. The van der Waals surface area contributed by atoms with Gasteiger partial charge in [-0.2, -0.15) is 0 Å². The first-order valence-corrected chi connectivity index (χ1v) is 14.2. The third-order valence-corrected chi connectivity index (χ3v) is 10.1. The number of amides is 3. The number of hydrogen-bond acceptors (Lipinski definition) is 5. The Morgan fingerprint density at radius 1 is 1.05 bits per heavy atom. The summed E-state index contributed by atoms with van der Waals surface area (Å²) < 4.78 is -0.640. The Morgan fingerprint density at radius 3 is 2.57 bits per heavy atom. The summed E-state index contributed by atoms with van der Waals surface area (Å²) in [6, 6.07) is 16.1. The number of carbonyl (C=O) groups is 3. The van der Waals surface area contributed by atoms with Gasteiger partial charge >= 0.3 is 0 Å². The van der Waals surface area contributed by atoms with Crippen molar-refractivity contribution in [2.75, 3.05) is 18.5 Å². The highest BCUT2D eigenvalue weighted by atomic mass is 35.5. The molecule has 3 aliphatic heterocycles. The molecule has 3 N–H and O–H groups in total. The molecule has 196 valence electrons. The second-order valence-corrected chi connectivity index (χ2v) is 12.1. The number of aliphatic hydroxyl groups is 1. The molecule has 5 rings (SSSR count). The Labute approximate surface area is 226 Å². The van der Waals surface area contributed by atoms with E-state index in [1.807, 2.05) is 30.3 Å². The van der Waals surface area contributed by atoms with Crippen molar-refractivity contribution < 1.29 is 19.5 Å². The molecule has 0 radical (unpaired) electrons. The van der Waals surface area contributed by atoms with E-state index >= 15 is 0 Å². The third kappa shape index (κ3) is 4.87. The average molecular weight is 542 g/mol. The number of unbranched alkanes of at least 4 members (excludes halogenated alkanes) is 2. The van der Waals surface area contributed by atoms with Crippen LogP contribution >= 0.6 is 23.4 Å². The lowest BCUT2D eigenvalue weighted by molar-refractivity contribution is -0.139. The van der Waals surface area contributed by atoms with E-state index in [1.54, 1.807) is 40.9 Å². The molecule has 2 unspecified atom stereocenters. The first kappa shape index (κ1) is 26.1. The summed E-state index contributed by atoms with van der Waals surface area (Å²) in [4.78, 5) is 42.9. The SMILES string of the molecule is O=C(Nc1ccccc1Cl)C1N(CCCCCO)C(=O)[C@@H]2[C@@H](C(=O)NCc3ccccc3)[C@H]3CCC12S3. The van der Waals surface area contributed by atoms with Gasteiger partial charge in [-0.3, -0.25) is 14.4 Å². The number of nitrogens with zero attached hydrogens (tertiary/aromatic N) is 1. The van der Waals surface area contributed by atoms with Crippen LogP contribution < -0.4 is 10.6 Å². The number of carbonyl (C=O) groups excluding carboxylic acids is 3. The van der Waals surface area contributed by atoms with Gasteiger partial charge in [0.1, 0.15) is 6.04 Å². The standard InChI is InChI=1S/C28H32ClN3O4S/c29-19-11-5-6-12-20(19)31-26(35)24-28-14-13-21(37-28)22(25(34)30-17-18-9-3-1-4-10-18)23(28)27(36)32(24)15-7-2-8-16-33/h1,3-6,9-12,21-24,33H,2,7-8,13-17H2,(H,30,34)(H,31,35)/t21-,22+,23+,24?,28?/m1/s1. The number of para-hydroxylation sites is 1. The highest BCUT2D eigenvalue weighted by Gasteiger charge is 2.73. The lowest BCUT2D eigenvalue weighted by Crippen LogP contribution is -2.51. The van der Waals surface area contributed by atoms with Gasteiger partial charge in [-0.25, -0.2) is 0 Å². The highest BCUT2D eigenvalue weighted by Crippen LogP contribution is 2.66. The summed E-state index contributed by atoms with van der Waals surface area (Å²) >= 11 is 7.97. The van der Waals surface area contributed by atoms with Gasteiger partial charge in [0, 0.05) is 24.9 Å². The van der Waals surface area contributed by atoms with Crippen LogP contribution in [0.5, 0.6) is 0 Å². The Morgan fingerprint density at radius 2 is 1.81 bits per heavy atom. The molecule has 7 nitrogen and oxygen atoms in total. The predicted molar refractivity (Wildman–Crippen MR) is 145 cm³/mol. The summed E-state index contributed by atoms with van der Waals surface area (Å²) in [7, 11) is 0. The van der Waals surface area contributed by atoms with E-state index in [0.29, 0.717) is 36.6 Å². The Kier molecular flexibility index (Phi) is 7.79. The molecule has 2 aromatic carbocycles. The van der Waals surface area contributed by atoms with Crippen molar-refractivity contribution >= 4 is 46.8 Å². The maximum absolute atomic E-state index is 13.9. The molecule has 3 fully saturated rings. The van der Waals surface area contributed by atoms with E-state index < -0.39 is 22.6 Å². The molecule has 3 saturated heterocycles.